The van der Waals surface area contributed by atoms with Crippen molar-refractivity contribution in [3.63, 3.8) is 0 Å². The molecule has 0 aliphatic heterocycles. The Kier molecular flexibility index (Phi) is 6.67. The average molecular weight is 445 g/mol. The highest BCUT2D eigenvalue weighted by atomic mass is 32.1. The number of hydrogen-bond acceptors (Lipinski definition) is 3. The van der Waals surface area contributed by atoms with Gasteiger partial charge >= 0.3 is 0 Å². The Morgan fingerprint density at radius 2 is 1.56 bits per heavy atom. The lowest BCUT2D eigenvalue weighted by Crippen LogP contribution is -2.30. The van der Waals surface area contributed by atoms with E-state index in [1.807, 2.05) is 36.4 Å². The van der Waals surface area contributed by atoms with Gasteiger partial charge in [0.05, 0.1) is 11.1 Å². The van der Waals surface area contributed by atoms with Gasteiger partial charge in [-0.05, 0) is 72.7 Å². The highest BCUT2D eigenvalue weighted by Crippen LogP contribution is 2.19. The molecule has 0 saturated heterocycles. The normalized spacial score (nSPS) is 10.5. The average Bonchev–Trinajstić information content (AvgIpc) is 2.81. The Morgan fingerprint density at radius 1 is 0.875 bits per heavy atom. The molecule has 7 heteroatoms. The molecule has 0 spiro atoms. The summed E-state index contributed by atoms with van der Waals surface area (Å²) in [4.78, 5) is 17.1. The van der Waals surface area contributed by atoms with E-state index in [1.54, 1.807) is 36.5 Å². The zero-order valence-corrected chi connectivity index (χ0v) is 18.0. The summed E-state index contributed by atoms with van der Waals surface area (Å²) < 4.78 is 13.0. The van der Waals surface area contributed by atoms with Gasteiger partial charge in [-0.25, -0.2) is 4.39 Å². The van der Waals surface area contributed by atoms with Crippen molar-refractivity contribution in [1.82, 2.24) is 10.3 Å². The minimum Gasteiger partial charge on any atom is -0.362 e. The van der Waals surface area contributed by atoms with Crippen LogP contribution in [0.5, 0.6) is 0 Å². The molecule has 4 aromatic rings. The van der Waals surface area contributed by atoms with Crippen LogP contribution in [0.4, 0.5) is 15.8 Å². The molecule has 32 heavy (non-hydrogen) atoms. The molecule has 0 aliphatic carbocycles. The molecule has 3 N–H and O–H groups in total. The van der Waals surface area contributed by atoms with E-state index in [-0.39, 0.29) is 11.7 Å². The van der Waals surface area contributed by atoms with E-state index in [2.05, 4.69) is 20.9 Å². The summed E-state index contributed by atoms with van der Waals surface area (Å²) >= 11 is 5.32. The molecule has 4 rings (SSSR count). The number of halogens is 1. The Morgan fingerprint density at radius 3 is 2.31 bits per heavy atom. The first-order valence-electron chi connectivity index (χ1n) is 10.1. The number of nitrogens with one attached hydrogen (secondary N) is 3. The maximum atomic E-state index is 13.0. The summed E-state index contributed by atoms with van der Waals surface area (Å²) in [6.07, 6.45) is 2.41. The fourth-order valence-electron chi connectivity index (χ4n) is 3.27. The van der Waals surface area contributed by atoms with Crippen molar-refractivity contribution in [2.75, 3.05) is 17.2 Å². The number of benzene rings is 3. The van der Waals surface area contributed by atoms with Crippen LogP contribution in [0.1, 0.15) is 15.9 Å². The first-order valence-corrected chi connectivity index (χ1v) is 10.5. The standard InChI is InChI=1S/C25H21FN4OS/c26-19-8-6-17(7-9-19)14-16-28-25(32)30-21-12-10-20(11-13-21)29-24(31)22-5-1-3-18-4-2-15-27-23(18)22/h1-13,15H,14,16H2,(H,29,31)(H2,28,30,32). The fraction of sp³-hybridized carbons (Fsp3) is 0.0800. The molecule has 0 bridgehead atoms. The van der Waals surface area contributed by atoms with Crippen molar-refractivity contribution in [3.05, 3.63) is 102 Å². The number of amides is 1. The highest BCUT2D eigenvalue weighted by Gasteiger charge is 2.11. The van der Waals surface area contributed by atoms with Gasteiger partial charge in [0.1, 0.15) is 5.82 Å². The second kappa shape index (κ2) is 9.98. The Hall–Kier alpha value is -3.84. The number of aromatic nitrogens is 1. The van der Waals surface area contributed by atoms with Crippen molar-refractivity contribution in [3.8, 4) is 0 Å². The third-order valence-electron chi connectivity index (χ3n) is 4.89. The van der Waals surface area contributed by atoms with Gasteiger partial charge in [0.25, 0.3) is 5.91 Å². The minimum atomic E-state index is -0.243. The lowest BCUT2D eigenvalue weighted by molar-refractivity contribution is 0.102. The molecule has 0 atom stereocenters. The van der Waals surface area contributed by atoms with E-state index in [1.165, 1.54) is 12.1 Å². The molecular formula is C25H21FN4OS. The maximum absolute atomic E-state index is 13.0. The zero-order valence-electron chi connectivity index (χ0n) is 17.1. The molecule has 0 saturated carbocycles. The zero-order chi connectivity index (χ0) is 22.3. The van der Waals surface area contributed by atoms with Crippen LogP contribution < -0.4 is 16.0 Å². The van der Waals surface area contributed by atoms with E-state index < -0.39 is 0 Å². The maximum Gasteiger partial charge on any atom is 0.257 e. The molecule has 5 nitrogen and oxygen atoms in total. The van der Waals surface area contributed by atoms with Crippen LogP contribution in [0, 0.1) is 5.82 Å². The summed E-state index contributed by atoms with van der Waals surface area (Å²) in [5.74, 6) is -0.458. The van der Waals surface area contributed by atoms with Gasteiger partial charge in [-0.2, -0.15) is 0 Å². The van der Waals surface area contributed by atoms with Crippen LogP contribution in [-0.2, 0) is 6.42 Å². The molecule has 0 unspecified atom stereocenters. The molecule has 1 heterocycles. The monoisotopic (exact) mass is 444 g/mol. The Labute approximate surface area is 190 Å². The first-order chi connectivity index (χ1) is 15.6. The number of para-hydroxylation sites is 1. The van der Waals surface area contributed by atoms with Crippen LogP contribution in [0.2, 0.25) is 0 Å². The summed E-state index contributed by atoms with van der Waals surface area (Å²) in [7, 11) is 0. The minimum absolute atomic E-state index is 0.215. The number of carbonyl (C=O) groups is 1. The lowest BCUT2D eigenvalue weighted by Gasteiger charge is -2.12. The van der Waals surface area contributed by atoms with Gasteiger partial charge < -0.3 is 16.0 Å². The molecule has 3 aromatic carbocycles. The lowest BCUT2D eigenvalue weighted by atomic mass is 10.1. The SMILES string of the molecule is O=C(Nc1ccc(NC(=S)NCCc2ccc(F)cc2)cc1)c1cccc2cccnc12. The predicted molar refractivity (Wildman–Crippen MR) is 130 cm³/mol. The van der Waals surface area contributed by atoms with Crippen molar-refractivity contribution < 1.29 is 9.18 Å². The number of thiocarbonyl (C=S) groups is 1. The molecule has 0 aliphatic rings. The number of fused-ring (bicyclic) bond motifs is 1. The predicted octanol–water partition coefficient (Wildman–Crippen LogP) is 5.16. The Bertz CT molecular complexity index is 1240. The molecule has 1 aromatic heterocycles. The quantitative estimate of drug-likeness (QED) is 0.359. The van der Waals surface area contributed by atoms with E-state index in [0.29, 0.717) is 28.4 Å². The van der Waals surface area contributed by atoms with Crippen LogP contribution in [0.3, 0.4) is 0 Å². The number of carbonyl (C=O) groups excluding carboxylic acids is 1. The van der Waals surface area contributed by atoms with E-state index in [0.717, 1.165) is 23.1 Å². The van der Waals surface area contributed by atoms with Crippen molar-refractivity contribution >= 4 is 45.5 Å². The van der Waals surface area contributed by atoms with Crippen LogP contribution >= 0.6 is 12.2 Å². The molecule has 1 amide bonds. The third kappa shape index (κ3) is 5.44. The molecular weight excluding hydrogens is 423 g/mol. The number of anilines is 2. The fourth-order valence-corrected chi connectivity index (χ4v) is 3.49. The van der Waals surface area contributed by atoms with Crippen molar-refractivity contribution in [2.45, 2.75) is 6.42 Å². The smallest absolute Gasteiger partial charge is 0.257 e. The largest absolute Gasteiger partial charge is 0.362 e. The van der Waals surface area contributed by atoms with Gasteiger partial charge in [0.2, 0.25) is 0 Å². The highest BCUT2D eigenvalue weighted by molar-refractivity contribution is 7.80. The third-order valence-corrected chi connectivity index (χ3v) is 5.14. The van der Waals surface area contributed by atoms with E-state index >= 15 is 0 Å². The molecule has 0 fully saturated rings. The second-order valence-electron chi connectivity index (χ2n) is 7.17. The van der Waals surface area contributed by atoms with Gasteiger partial charge in [-0.3, -0.25) is 9.78 Å². The summed E-state index contributed by atoms with van der Waals surface area (Å²) in [6.45, 7) is 0.630. The summed E-state index contributed by atoms with van der Waals surface area (Å²) in [5.41, 5.74) is 3.70. The molecule has 160 valence electrons. The number of hydrogen-bond donors (Lipinski definition) is 3. The van der Waals surface area contributed by atoms with Crippen molar-refractivity contribution in [1.29, 1.82) is 0 Å². The summed E-state index contributed by atoms with van der Waals surface area (Å²) in [6, 6.07) is 23.0. The van der Waals surface area contributed by atoms with Crippen LogP contribution in [-0.4, -0.2) is 22.5 Å². The number of nitrogens with zero attached hydrogens (tertiary/aromatic N) is 1. The number of pyridine rings is 1. The summed E-state index contributed by atoms with van der Waals surface area (Å²) in [5, 5.41) is 10.6. The van der Waals surface area contributed by atoms with Gasteiger partial charge in [0, 0.05) is 29.5 Å². The second-order valence-corrected chi connectivity index (χ2v) is 7.58. The Balaban J connectivity index is 1.30. The van der Waals surface area contributed by atoms with Crippen LogP contribution in [0.25, 0.3) is 10.9 Å². The first kappa shape index (κ1) is 21.4. The van der Waals surface area contributed by atoms with Gasteiger partial charge in [-0.15, -0.1) is 0 Å². The van der Waals surface area contributed by atoms with E-state index in [9.17, 15) is 9.18 Å². The van der Waals surface area contributed by atoms with Gasteiger partial charge in [0.15, 0.2) is 5.11 Å². The van der Waals surface area contributed by atoms with Gasteiger partial charge in [-0.1, -0.05) is 30.3 Å². The number of rotatable bonds is 6. The van der Waals surface area contributed by atoms with E-state index in [4.69, 9.17) is 12.2 Å². The van der Waals surface area contributed by atoms with Crippen LogP contribution in [0.15, 0.2) is 85.1 Å². The van der Waals surface area contributed by atoms with Crippen molar-refractivity contribution in [2.24, 2.45) is 0 Å². The molecule has 0 radical (unpaired) electrons. The topological polar surface area (TPSA) is 66.1 Å².